The van der Waals surface area contributed by atoms with Gasteiger partial charge in [-0.1, -0.05) is 0 Å². The second-order valence-electron chi connectivity index (χ2n) is 1.90. The summed E-state index contributed by atoms with van der Waals surface area (Å²) in [5, 5.41) is 25.7. The molecule has 0 N–H and O–H groups in total. The fourth-order valence-corrected chi connectivity index (χ4v) is 1.23. The summed E-state index contributed by atoms with van der Waals surface area (Å²) in [6, 6.07) is 5.10. The monoisotopic (exact) mass is 185 g/mol. The SMILES string of the molecule is N#CC(C#N)=C(C#N)c1cn[c]s1. The van der Waals surface area contributed by atoms with Gasteiger partial charge in [-0.2, -0.15) is 15.8 Å². The Balaban J connectivity index is 3.32. The van der Waals surface area contributed by atoms with Crippen molar-refractivity contribution < 1.29 is 0 Å². The van der Waals surface area contributed by atoms with Crippen molar-refractivity contribution in [1.82, 2.24) is 4.98 Å². The Morgan fingerprint density at radius 1 is 1.31 bits per heavy atom. The molecule has 5 heteroatoms. The fourth-order valence-electron chi connectivity index (χ4n) is 0.673. The van der Waals surface area contributed by atoms with Gasteiger partial charge < -0.3 is 0 Å². The lowest BCUT2D eigenvalue weighted by molar-refractivity contribution is 1.40. The summed E-state index contributed by atoms with van der Waals surface area (Å²) >= 11 is 1.10. The van der Waals surface area contributed by atoms with Crippen molar-refractivity contribution in [3.63, 3.8) is 0 Å². The molecule has 4 nitrogen and oxygen atoms in total. The van der Waals surface area contributed by atoms with Crippen LogP contribution < -0.4 is 0 Å². The maximum absolute atomic E-state index is 8.69. The average molecular weight is 185 g/mol. The van der Waals surface area contributed by atoms with E-state index in [1.807, 2.05) is 0 Å². The van der Waals surface area contributed by atoms with E-state index in [4.69, 9.17) is 15.8 Å². The number of hydrogen-bond donors (Lipinski definition) is 0. The van der Waals surface area contributed by atoms with E-state index in [-0.39, 0.29) is 11.1 Å². The van der Waals surface area contributed by atoms with Crippen LogP contribution in [-0.4, -0.2) is 4.98 Å². The molecule has 0 saturated heterocycles. The van der Waals surface area contributed by atoms with Gasteiger partial charge in [0.1, 0.15) is 23.8 Å². The van der Waals surface area contributed by atoms with E-state index in [0.29, 0.717) is 4.88 Å². The first-order valence-electron chi connectivity index (χ1n) is 3.10. The lowest BCUT2D eigenvalue weighted by atomic mass is 10.1. The highest BCUT2D eigenvalue weighted by molar-refractivity contribution is 7.10. The smallest absolute Gasteiger partial charge is 0.152 e. The van der Waals surface area contributed by atoms with Crippen molar-refractivity contribution in [2.24, 2.45) is 0 Å². The minimum atomic E-state index is -0.194. The van der Waals surface area contributed by atoms with Crippen molar-refractivity contribution in [2.75, 3.05) is 0 Å². The minimum Gasteiger partial charge on any atom is -0.241 e. The summed E-state index contributed by atoms with van der Waals surface area (Å²) in [6.07, 6.45) is 1.40. The number of nitriles is 3. The molecule has 0 fully saturated rings. The quantitative estimate of drug-likeness (QED) is 0.616. The average Bonchev–Trinajstić information content (AvgIpc) is 2.66. The van der Waals surface area contributed by atoms with Gasteiger partial charge in [-0.15, -0.1) is 11.3 Å². The molecule has 1 rings (SSSR count). The molecular weight excluding hydrogens is 184 g/mol. The number of thiazole rings is 1. The first-order chi connectivity index (χ1) is 6.33. The number of allylic oxidation sites excluding steroid dienone is 2. The van der Waals surface area contributed by atoms with E-state index in [2.05, 4.69) is 10.5 Å². The summed E-state index contributed by atoms with van der Waals surface area (Å²) in [6.45, 7) is 0. The minimum absolute atomic E-state index is 0.0590. The van der Waals surface area contributed by atoms with Crippen LogP contribution in [0.5, 0.6) is 0 Å². The van der Waals surface area contributed by atoms with Gasteiger partial charge in [0.05, 0.1) is 10.5 Å². The third-order valence-corrected chi connectivity index (χ3v) is 1.95. The highest BCUT2D eigenvalue weighted by Crippen LogP contribution is 2.20. The van der Waals surface area contributed by atoms with E-state index < -0.39 is 0 Å². The number of hydrogen-bond acceptors (Lipinski definition) is 5. The summed E-state index contributed by atoms with van der Waals surface area (Å²) in [5.74, 6) is 0. The van der Waals surface area contributed by atoms with Gasteiger partial charge in [0.25, 0.3) is 0 Å². The molecule has 0 aliphatic rings. The topological polar surface area (TPSA) is 84.3 Å². The molecule has 0 bridgehead atoms. The second-order valence-corrected chi connectivity index (χ2v) is 2.73. The number of rotatable bonds is 1. The Bertz CT molecular complexity index is 434. The molecule has 0 aliphatic heterocycles. The molecule has 0 atom stereocenters. The first-order valence-corrected chi connectivity index (χ1v) is 3.92. The molecule has 0 aromatic carbocycles. The fraction of sp³-hybridized carbons (Fsp3) is 0. The maximum Gasteiger partial charge on any atom is 0.152 e. The lowest BCUT2D eigenvalue weighted by Crippen LogP contribution is -1.82. The Labute approximate surface area is 78.6 Å². The molecule has 0 unspecified atom stereocenters. The molecule has 59 valence electrons. The summed E-state index contributed by atoms with van der Waals surface area (Å²) < 4.78 is 0. The van der Waals surface area contributed by atoms with E-state index in [9.17, 15) is 0 Å². The summed E-state index contributed by atoms with van der Waals surface area (Å²) in [7, 11) is 0. The molecule has 1 heterocycles. The van der Waals surface area contributed by atoms with Gasteiger partial charge in [0.2, 0.25) is 0 Å². The zero-order valence-electron chi connectivity index (χ0n) is 6.27. The van der Waals surface area contributed by atoms with Crippen LogP contribution in [0.4, 0.5) is 0 Å². The molecule has 1 aromatic heterocycles. The van der Waals surface area contributed by atoms with Gasteiger partial charge in [-0.25, -0.2) is 4.98 Å². The highest BCUT2D eigenvalue weighted by Gasteiger charge is 2.09. The van der Waals surface area contributed by atoms with Crippen LogP contribution in [0.15, 0.2) is 11.8 Å². The van der Waals surface area contributed by atoms with Crippen LogP contribution in [0.25, 0.3) is 5.57 Å². The predicted molar refractivity (Wildman–Crippen MR) is 44.7 cm³/mol. The Hall–Kier alpha value is -2.16. The van der Waals surface area contributed by atoms with Gasteiger partial charge in [-0.05, 0) is 0 Å². The van der Waals surface area contributed by atoms with E-state index in [0.717, 1.165) is 11.3 Å². The van der Waals surface area contributed by atoms with Crippen molar-refractivity contribution in [1.29, 1.82) is 15.8 Å². The number of aromatic nitrogens is 1. The van der Waals surface area contributed by atoms with Gasteiger partial charge >= 0.3 is 0 Å². The molecule has 0 aliphatic carbocycles. The Morgan fingerprint density at radius 2 is 2.00 bits per heavy atom. The molecule has 13 heavy (non-hydrogen) atoms. The van der Waals surface area contributed by atoms with Gasteiger partial charge in [-0.3, -0.25) is 0 Å². The molecular formula is C8HN4S. The van der Waals surface area contributed by atoms with Crippen LogP contribution in [0.2, 0.25) is 0 Å². The third-order valence-electron chi connectivity index (χ3n) is 1.22. The van der Waals surface area contributed by atoms with Crippen molar-refractivity contribution in [3.05, 3.63) is 22.2 Å². The van der Waals surface area contributed by atoms with Crippen LogP contribution >= 0.6 is 11.3 Å². The van der Waals surface area contributed by atoms with E-state index in [1.165, 1.54) is 6.20 Å². The molecule has 0 amide bonds. The normalized spacial score (nSPS) is 7.77. The molecule has 0 spiro atoms. The van der Waals surface area contributed by atoms with Crippen LogP contribution in [0, 0.1) is 39.5 Å². The highest BCUT2D eigenvalue weighted by atomic mass is 32.1. The van der Waals surface area contributed by atoms with Crippen molar-refractivity contribution in [3.8, 4) is 18.2 Å². The van der Waals surface area contributed by atoms with Gasteiger partial charge in [0, 0.05) is 6.20 Å². The van der Waals surface area contributed by atoms with E-state index in [1.54, 1.807) is 18.2 Å². The predicted octanol–water partition coefficient (Wildman–Crippen LogP) is 1.27. The first kappa shape index (κ1) is 8.93. The second kappa shape index (κ2) is 4.01. The summed E-state index contributed by atoms with van der Waals surface area (Å²) in [4.78, 5) is 4.12. The van der Waals surface area contributed by atoms with Gasteiger partial charge in [0.15, 0.2) is 5.51 Å². The Morgan fingerprint density at radius 3 is 2.38 bits per heavy atom. The van der Waals surface area contributed by atoms with Crippen LogP contribution in [-0.2, 0) is 0 Å². The van der Waals surface area contributed by atoms with Crippen LogP contribution in [0.1, 0.15) is 4.88 Å². The lowest BCUT2D eigenvalue weighted by Gasteiger charge is -1.89. The zero-order chi connectivity index (χ0) is 9.68. The van der Waals surface area contributed by atoms with Crippen molar-refractivity contribution in [2.45, 2.75) is 0 Å². The number of nitrogens with zero attached hydrogens (tertiary/aromatic N) is 4. The maximum atomic E-state index is 8.69. The molecule has 1 aromatic rings. The third kappa shape index (κ3) is 1.70. The summed E-state index contributed by atoms with van der Waals surface area (Å²) in [5.41, 5.74) is 2.40. The molecule has 1 radical (unpaired) electrons. The zero-order valence-corrected chi connectivity index (χ0v) is 7.09. The van der Waals surface area contributed by atoms with E-state index >= 15 is 0 Å². The Kier molecular flexibility index (Phi) is 2.76. The van der Waals surface area contributed by atoms with Crippen molar-refractivity contribution >= 4 is 16.9 Å². The van der Waals surface area contributed by atoms with Crippen LogP contribution in [0.3, 0.4) is 0 Å². The largest absolute Gasteiger partial charge is 0.241 e. The molecule has 0 saturated carbocycles. The standard InChI is InChI=1S/C8HN4S/c9-1-6(2-10)7(3-11)8-4-12-5-13-8/h4H.